The van der Waals surface area contributed by atoms with Crippen LogP contribution in [0.4, 0.5) is 5.82 Å². The lowest BCUT2D eigenvalue weighted by Gasteiger charge is -2.33. The molecule has 3 aliphatic rings. The van der Waals surface area contributed by atoms with E-state index in [1.807, 2.05) is 29.2 Å². The first kappa shape index (κ1) is 19.1. The molecule has 2 N–H and O–H groups in total. The van der Waals surface area contributed by atoms with Gasteiger partial charge in [0.15, 0.2) is 5.82 Å². The van der Waals surface area contributed by atoms with Gasteiger partial charge < -0.3 is 10.2 Å². The summed E-state index contributed by atoms with van der Waals surface area (Å²) in [5.74, 6) is 1.87. The number of nitrogens with zero attached hydrogens (tertiary/aromatic N) is 3. The maximum absolute atomic E-state index is 13.8. The maximum atomic E-state index is 13.8. The van der Waals surface area contributed by atoms with Gasteiger partial charge in [0.05, 0.1) is 30.2 Å². The Balaban J connectivity index is 1.48. The van der Waals surface area contributed by atoms with Crippen molar-refractivity contribution in [3.8, 4) is 0 Å². The topological polar surface area (TPSA) is 73.4 Å². The zero-order chi connectivity index (χ0) is 20.6. The summed E-state index contributed by atoms with van der Waals surface area (Å²) >= 11 is 0. The molecule has 2 unspecified atom stereocenters. The Kier molecular flexibility index (Phi) is 4.93. The first-order valence-electron chi connectivity index (χ1n) is 11.1. The summed E-state index contributed by atoms with van der Waals surface area (Å²) in [4.78, 5) is 20.7. The minimum absolute atomic E-state index is 0.204. The van der Waals surface area contributed by atoms with Crippen molar-refractivity contribution in [3.05, 3.63) is 59.3 Å². The van der Waals surface area contributed by atoms with Crippen LogP contribution < -0.4 is 5.32 Å². The molecule has 0 saturated carbocycles. The minimum Gasteiger partial charge on any atom is -0.332 e. The Bertz CT molecular complexity index is 992. The Hall–Kier alpha value is -2.89. The number of fused-ring (bicyclic) bond motifs is 2. The molecule has 6 heteroatoms. The highest BCUT2D eigenvalue weighted by Gasteiger charge is 2.40. The van der Waals surface area contributed by atoms with Gasteiger partial charge in [-0.15, -0.1) is 0 Å². The highest BCUT2D eigenvalue weighted by atomic mass is 16.2. The van der Waals surface area contributed by atoms with Gasteiger partial charge in [0.1, 0.15) is 5.84 Å². The van der Waals surface area contributed by atoms with E-state index in [2.05, 4.69) is 40.6 Å². The van der Waals surface area contributed by atoms with Crippen LogP contribution in [0.5, 0.6) is 0 Å². The van der Waals surface area contributed by atoms with Crippen molar-refractivity contribution in [1.82, 2.24) is 15.1 Å². The first-order valence-corrected chi connectivity index (χ1v) is 11.1. The summed E-state index contributed by atoms with van der Waals surface area (Å²) in [6, 6.07) is 10.6. The van der Waals surface area contributed by atoms with Gasteiger partial charge >= 0.3 is 0 Å². The largest absolute Gasteiger partial charge is 0.332 e. The molecule has 3 aliphatic heterocycles. The highest BCUT2D eigenvalue weighted by molar-refractivity contribution is 6.04. The van der Waals surface area contributed by atoms with Gasteiger partial charge in [0.25, 0.3) is 0 Å². The number of amidine groups is 1. The zero-order valence-electron chi connectivity index (χ0n) is 17.5. The number of H-pyrrole nitrogens is 1. The molecule has 0 saturated heterocycles. The number of rotatable bonds is 1. The molecule has 5 rings (SSSR count). The molecule has 1 aromatic carbocycles. The molecular formula is C24H29N5O. The van der Waals surface area contributed by atoms with Gasteiger partial charge in [-0.05, 0) is 37.8 Å². The van der Waals surface area contributed by atoms with Gasteiger partial charge in [-0.25, -0.2) is 0 Å². The molecule has 1 amide bonds. The van der Waals surface area contributed by atoms with Crippen LogP contribution in [0.25, 0.3) is 0 Å². The number of aromatic amines is 1. The van der Waals surface area contributed by atoms with Crippen LogP contribution in [0.3, 0.4) is 0 Å². The first-order chi connectivity index (χ1) is 14.6. The van der Waals surface area contributed by atoms with Crippen LogP contribution in [0, 0.1) is 0 Å². The third-order valence-corrected chi connectivity index (χ3v) is 6.79. The van der Waals surface area contributed by atoms with Gasteiger partial charge in [-0.2, -0.15) is 5.10 Å². The highest BCUT2D eigenvalue weighted by Crippen LogP contribution is 2.36. The number of amides is 1. The average Bonchev–Trinajstić information content (AvgIpc) is 3.35. The van der Waals surface area contributed by atoms with E-state index >= 15 is 0 Å². The number of hydrogen-bond donors (Lipinski definition) is 2. The number of carbonyl (C=O) groups is 1. The summed E-state index contributed by atoms with van der Waals surface area (Å²) in [6.07, 6.45) is 10.5. The summed E-state index contributed by atoms with van der Waals surface area (Å²) < 4.78 is 0. The van der Waals surface area contributed by atoms with Crippen molar-refractivity contribution >= 4 is 17.6 Å². The molecule has 30 heavy (non-hydrogen) atoms. The summed E-state index contributed by atoms with van der Waals surface area (Å²) in [5, 5.41) is 11.0. The van der Waals surface area contributed by atoms with Crippen LogP contribution in [0.2, 0.25) is 0 Å². The van der Waals surface area contributed by atoms with E-state index in [1.165, 1.54) is 0 Å². The Morgan fingerprint density at radius 1 is 1.13 bits per heavy atom. The molecule has 156 valence electrons. The molecule has 0 fully saturated rings. The van der Waals surface area contributed by atoms with Crippen molar-refractivity contribution < 1.29 is 4.79 Å². The van der Waals surface area contributed by atoms with Gasteiger partial charge in [-0.1, -0.05) is 55.7 Å². The van der Waals surface area contributed by atoms with Gasteiger partial charge in [0.2, 0.25) is 5.91 Å². The fraction of sp³-hybridized carbons (Fsp3) is 0.458. The number of aliphatic imine (C=N–C) groups is 1. The normalized spacial score (nSPS) is 26.6. The number of aromatic nitrogens is 2. The van der Waals surface area contributed by atoms with Crippen LogP contribution >= 0.6 is 0 Å². The van der Waals surface area contributed by atoms with Crippen molar-refractivity contribution in [2.75, 3.05) is 5.32 Å². The number of anilines is 1. The fourth-order valence-electron chi connectivity index (χ4n) is 4.96. The molecule has 4 bridgehead atoms. The third-order valence-electron chi connectivity index (χ3n) is 6.79. The molecule has 1 aromatic heterocycles. The fourth-order valence-corrected chi connectivity index (χ4v) is 4.96. The van der Waals surface area contributed by atoms with Crippen LogP contribution in [-0.2, 0) is 23.3 Å². The molecule has 0 radical (unpaired) electrons. The molecule has 2 atom stereocenters. The van der Waals surface area contributed by atoms with Crippen molar-refractivity contribution in [1.29, 1.82) is 0 Å². The second-order valence-corrected chi connectivity index (χ2v) is 8.92. The van der Waals surface area contributed by atoms with E-state index in [0.717, 1.165) is 67.0 Å². The Morgan fingerprint density at radius 2 is 2.00 bits per heavy atom. The average molecular weight is 404 g/mol. The third kappa shape index (κ3) is 3.44. The maximum Gasteiger partial charge on any atom is 0.233 e. The molecule has 4 heterocycles. The molecule has 6 nitrogen and oxygen atoms in total. The summed E-state index contributed by atoms with van der Waals surface area (Å²) in [5.41, 5.74) is 2.69. The van der Waals surface area contributed by atoms with E-state index in [4.69, 9.17) is 4.99 Å². The SMILES string of the molecule is CC1(c2ccccc2)CCCCCC2CC=CC(=N2)Nc2n[nH]c3c2CN(C3)C1=O. The predicted octanol–water partition coefficient (Wildman–Crippen LogP) is 4.31. The number of carbonyl (C=O) groups excluding carboxylic acids is 1. The Labute approximate surface area is 177 Å². The minimum atomic E-state index is -0.511. The number of benzene rings is 1. The van der Waals surface area contributed by atoms with Gasteiger partial charge in [-0.3, -0.25) is 14.9 Å². The van der Waals surface area contributed by atoms with E-state index < -0.39 is 5.41 Å². The molecule has 2 aromatic rings. The smallest absolute Gasteiger partial charge is 0.233 e. The summed E-state index contributed by atoms with van der Waals surface area (Å²) in [6.45, 7) is 3.28. The van der Waals surface area contributed by atoms with E-state index in [0.29, 0.717) is 19.1 Å². The predicted molar refractivity (Wildman–Crippen MR) is 118 cm³/mol. The lowest BCUT2D eigenvalue weighted by Crippen LogP contribution is -2.43. The number of dihydropyridines is 1. The van der Waals surface area contributed by atoms with Crippen molar-refractivity contribution in [3.63, 3.8) is 0 Å². The van der Waals surface area contributed by atoms with Crippen LogP contribution in [0.15, 0.2) is 47.5 Å². The van der Waals surface area contributed by atoms with E-state index in [9.17, 15) is 4.79 Å². The van der Waals surface area contributed by atoms with E-state index in [1.54, 1.807) is 0 Å². The number of nitrogens with one attached hydrogen (secondary N) is 2. The lowest BCUT2D eigenvalue weighted by molar-refractivity contribution is -0.138. The quantitative estimate of drug-likeness (QED) is 0.745. The number of hydrogen-bond acceptors (Lipinski definition) is 4. The second-order valence-electron chi connectivity index (χ2n) is 8.92. The monoisotopic (exact) mass is 403 g/mol. The van der Waals surface area contributed by atoms with Crippen LogP contribution in [0.1, 0.15) is 62.3 Å². The lowest BCUT2D eigenvalue weighted by atomic mass is 9.76. The Morgan fingerprint density at radius 3 is 2.87 bits per heavy atom. The van der Waals surface area contributed by atoms with Gasteiger partial charge in [0, 0.05) is 5.56 Å². The van der Waals surface area contributed by atoms with Crippen molar-refractivity contribution in [2.45, 2.75) is 70.0 Å². The second kappa shape index (κ2) is 7.74. The zero-order valence-corrected chi connectivity index (χ0v) is 17.5. The molecule has 0 spiro atoms. The standard InChI is InChI=1S/C24H29N5O/c1-24(17-9-4-2-5-10-17)14-7-3-6-11-18-12-8-13-21(25-18)26-22-19-15-29(23(24)30)16-20(19)27-28-22/h2,4-5,8-10,13,18H,3,6-7,11-12,14-16H2,1H3,(H2,25,26,27,28). The molecular weight excluding hydrogens is 374 g/mol. The van der Waals surface area contributed by atoms with Crippen molar-refractivity contribution in [2.24, 2.45) is 4.99 Å². The van der Waals surface area contributed by atoms with E-state index in [-0.39, 0.29) is 5.91 Å². The van der Waals surface area contributed by atoms with Crippen LogP contribution in [-0.4, -0.2) is 32.9 Å². The molecule has 0 aliphatic carbocycles. The summed E-state index contributed by atoms with van der Waals surface area (Å²) in [7, 11) is 0.